The van der Waals surface area contributed by atoms with Crippen molar-refractivity contribution in [2.24, 2.45) is 0 Å². The zero-order valence-electron chi connectivity index (χ0n) is 15.1. The number of nitrogens with zero attached hydrogens (tertiary/aromatic N) is 5. The van der Waals surface area contributed by atoms with Gasteiger partial charge in [0.05, 0.1) is 11.3 Å². The van der Waals surface area contributed by atoms with Crippen LogP contribution in [0.1, 0.15) is 34.5 Å². The lowest BCUT2D eigenvalue weighted by molar-refractivity contribution is 0.102. The molecule has 1 fully saturated rings. The Balaban J connectivity index is 1.70. The fraction of sp³-hybridized carbons (Fsp3) is 0.316. The van der Waals surface area contributed by atoms with Crippen molar-refractivity contribution in [1.29, 1.82) is 0 Å². The smallest absolute Gasteiger partial charge is 0.261 e. The van der Waals surface area contributed by atoms with E-state index >= 15 is 0 Å². The van der Waals surface area contributed by atoms with E-state index in [0.717, 1.165) is 36.4 Å². The predicted octanol–water partition coefficient (Wildman–Crippen LogP) is 3.55. The highest BCUT2D eigenvalue weighted by Gasteiger charge is 2.20. The Labute approximate surface area is 161 Å². The number of rotatable bonds is 4. The van der Waals surface area contributed by atoms with Gasteiger partial charge in [-0.1, -0.05) is 0 Å². The van der Waals surface area contributed by atoms with E-state index in [2.05, 4.69) is 25.2 Å². The Kier molecular flexibility index (Phi) is 5.06. The van der Waals surface area contributed by atoms with Crippen LogP contribution in [-0.4, -0.2) is 38.9 Å². The average molecular weight is 380 g/mol. The molecule has 8 heteroatoms. The van der Waals surface area contributed by atoms with Crippen molar-refractivity contribution in [3.05, 3.63) is 47.4 Å². The molecule has 1 saturated heterocycles. The van der Waals surface area contributed by atoms with Gasteiger partial charge < -0.3 is 4.90 Å². The lowest BCUT2D eigenvalue weighted by Gasteiger charge is -2.27. The molecule has 0 aliphatic carbocycles. The van der Waals surface area contributed by atoms with Crippen LogP contribution in [0.4, 0.5) is 11.1 Å². The number of anilines is 2. The number of nitrogens with one attached hydrogen (secondary N) is 1. The van der Waals surface area contributed by atoms with Gasteiger partial charge in [0.1, 0.15) is 0 Å². The van der Waals surface area contributed by atoms with Crippen LogP contribution in [0.3, 0.4) is 0 Å². The van der Waals surface area contributed by atoms with Gasteiger partial charge in [0.2, 0.25) is 5.95 Å². The molecule has 1 aliphatic heterocycles. The van der Waals surface area contributed by atoms with E-state index in [4.69, 9.17) is 4.98 Å². The molecule has 4 heterocycles. The minimum Gasteiger partial charge on any atom is -0.341 e. The third-order valence-electron chi connectivity index (χ3n) is 4.46. The number of hydrogen-bond donors (Lipinski definition) is 1. The van der Waals surface area contributed by atoms with Crippen LogP contribution in [0.25, 0.3) is 11.3 Å². The highest BCUT2D eigenvalue weighted by molar-refractivity contribution is 7.15. The minimum absolute atomic E-state index is 0.263. The van der Waals surface area contributed by atoms with Crippen LogP contribution in [0.15, 0.2) is 36.9 Å². The summed E-state index contributed by atoms with van der Waals surface area (Å²) in [7, 11) is 0. The van der Waals surface area contributed by atoms with E-state index in [-0.39, 0.29) is 5.91 Å². The summed E-state index contributed by atoms with van der Waals surface area (Å²) in [5, 5.41) is 3.42. The van der Waals surface area contributed by atoms with Crippen LogP contribution in [0.2, 0.25) is 0 Å². The molecular formula is C19H20N6OS. The molecule has 1 amide bonds. The normalized spacial score (nSPS) is 14.2. The quantitative estimate of drug-likeness (QED) is 0.745. The number of hydrogen-bond acceptors (Lipinski definition) is 7. The monoisotopic (exact) mass is 380 g/mol. The first-order valence-electron chi connectivity index (χ1n) is 8.97. The Bertz CT molecular complexity index is 936. The van der Waals surface area contributed by atoms with E-state index in [1.54, 1.807) is 24.8 Å². The molecule has 0 saturated carbocycles. The second-order valence-corrected chi connectivity index (χ2v) is 7.68. The number of aryl methyl sites for hydroxylation is 1. The number of amides is 1. The molecule has 27 heavy (non-hydrogen) atoms. The maximum absolute atomic E-state index is 12.9. The topological polar surface area (TPSA) is 83.9 Å². The average Bonchev–Trinajstić information content (AvgIpc) is 3.13. The fourth-order valence-corrected chi connectivity index (χ4v) is 3.75. The first kappa shape index (κ1) is 17.5. The van der Waals surface area contributed by atoms with Gasteiger partial charge in [-0.25, -0.2) is 15.0 Å². The molecule has 7 nitrogen and oxygen atoms in total. The zero-order valence-corrected chi connectivity index (χ0v) is 15.9. The molecular weight excluding hydrogens is 360 g/mol. The van der Waals surface area contributed by atoms with Gasteiger partial charge in [0.15, 0.2) is 5.13 Å². The third-order valence-corrected chi connectivity index (χ3v) is 5.28. The summed E-state index contributed by atoms with van der Waals surface area (Å²) in [6, 6.07) is 3.71. The summed E-state index contributed by atoms with van der Waals surface area (Å²) < 4.78 is 0. The molecule has 4 rings (SSSR count). The lowest BCUT2D eigenvalue weighted by atomic mass is 10.1. The third kappa shape index (κ3) is 3.95. The van der Waals surface area contributed by atoms with E-state index in [1.165, 1.54) is 17.8 Å². The standard InChI is InChI=1S/C19H20N6OS/c1-13-11-22-19(27-13)24-17(26)15-12-21-18(25-9-3-2-4-10-25)23-16(15)14-5-7-20-8-6-14/h5-8,11-12H,2-4,9-10H2,1H3,(H,22,24,26). The Hall–Kier alpha value is -2.87. The number of thiazole rings is 1. The summed E-state index contributed by atoms with van der Waals surface area (Å²) in [5.41, 5.74) is 1.87. The number of carbonyl (C=O) groups is 1. The van der Waals surface area contributed by atoms with Crippen LogP contribution in [0.5, 0.6) is 0 Å². The van der Waals surface area contributed by atoms with Crippen molar-refractivity contribution in [2.75, 3.05) is 23.3 Å². The number of pyridine rings is 1. The number of carbonyl (C=O) groups excluding carboxylic acids is 1. The maximum Gasteiger partial charge on any atom is 0.261 e. The van der Waals surface area contributed by atoms with Gasteiger partial charge in [-0.3, -0.25) is 15.1 Å². The molecule has 3 aromatic heterocycles. The van der Waals surface area contributed by atoms with Crippen LogP contribution < -0.4 is 10.2 Å². The van der Waals surface area contributed by atoms with E-state index < -0.39 is 0 Å². The fourth-order valence-electron chi connectivity index (χ4n) is 3.09. The molecule has 138 valence electrons. The van der Waals surface area contributed by atoms with Gasteiger partial charge in [-0.2, -0.15) is 0 Å². The van der Waals surface area contributed by atoms with Crippen LogP contribution >= 0.6 is 11.3 Å². The second kappa shape index (κ2) is 7.79. The minimum atomic E-state index is -0.263. The molecule has 0 atom stereocenters. The molecule has 1 aliphatic rings. The maximum atomic E-state index is 12.9. The molecule has 0 aromatic carbocycles. The Morgan fingerprint density at radius 1 is 1.11 bits per heavy atom. The first-order chi connectivity index (χ1) is 13.2. The lowest BCUT2D eigenvalue weighted by Crippen LogP contribution is -2.31. The molecule has 1 N–H and O–H groups in total. The van der Waals surface area contributed by atoms with Gasteiger partial charge >= 0.3 is 0 Å². The summed E-state index contributed by atoms with van der Waals surface area (Å²) in [5.74, 6) is 0.407. The van der Waals surface area contributed by atoms with Crippen molar-refractivity contribution in [2.45, 2.75) is 26.2 Å². The summed E-state index contributed by atoms with van der Waals surface area (Å²) in [4.78, 5) is 33.6. The number of piperidine rings is 1. The van der Waals surface area contributed by atoms with Crippen molar-refractivity contribution in [1.82, 2.24) is 19.9 Å². The van der Waals surface area contributed by atoms with Crippen molar-refractivity contribution >= 4 is 28.3 Å². The van der Waals surface area contributed by atoms with Crippen molar-refractivity contribution in [3.8, 4) is 11.3 Å². The molecule has 0 radical (unpaired) electrons. The molecule has 3 aromatic rings. The largest absolute Gasteiger partial charge is 0.341 e. The van der Waals surface area contributed by atoms with Gasteiger partial charge in [0.25, 0.3) is 5.91 Å². The van der Waals surface area contributed by atoms with Crippen molar-refractivity contribution in [3.63, 3.8) is 0 Å². The van der Waals surface area contributed by atoms with Crippen molar-refractivity contribution < 1.29 is 4.79 Å². The van der Waals surface area contributed by atoms with Gasteiger partial charge in [-0.15, -0.1) is 11.3 Å². The summed E-state index contributed by atoms with van der Waals surface area (Å²) >= 11 is 1.44. The van der Waals surface area contributed by atoms with E-state index in [0.29, 0.717) is 22.3 Å². The highest BCUT2D eigenvalue weighted by atomic mass is 32.1. The van der Waals surface area contributed by atoms with Gasteiger partial charge in [0, 0.05) is 48.3 Å². The zero-order chi connectivity index (χ0) is 18.6. The SMILES string of the molecule is Cc1cnc(NC(=O)c2cnc(N3CCCCC3)nc2-c2ccncc2)s1. The summed E-state index contributed by atoms with van der Waals surface area (Å²) in [6.07, 6.45) is 10.3. The Morgan fingerprint density at radius 3 is 2.59 bits per heavy atom. The van der Waals surface area contributed by atoms with Crippen LogP contribution in [-0.2, 0) is 0 Å². The van der Waals surface area contributed by atoms with Crippen LogP contribution in [0, 0.1) is 6.92 Å². The van der Waals surface area contributed by atoms with E-state index in [9.17, 15) is 4.79 Å². The summed E-state index contributed by atoms with van der Waals surface area (Å²) in [6.45, 7) is 3.84. The highest BCUT2D eigenvalue weighted by Crippen LogP contribution is 2.26. The van der Waals surface area contributed by atoms with Gasteiger partial charge in [-0.05, 0) is 38.3 Å². The van der Waals surface area contributed by atoms with E-state index in [1.807, 2.05) is 19.1 Å². The molecule has 0 bridgehead atoms. The molecule has 0 unspecified atom stereocenters. The predicted molar refractivity (Wildman–Crippen MR) is 106 cm³/mol. The second-order valence-electron chi connectivity index (χ2n) is 6.45. The Morgan fingerprint density at radius 2 is 1.89 bits per heavy atom. The molecule has 0 spiro atoms. The number of aromatic nitrogens is 4. The first-order valence-corrected chi connectivity index (χ1v) is 9.78.